The Kier molecular flexibility index (Phi) is 3.67. The van der Waals surface area contributed by atoms with E-state index in [0.29, 0.717) is 18.0 Å². The van der Waals surface area contributed by atoms with Gasteiger partial charge in [0.1, 0.15) is 11.6 Å². The Hall–Kier alpha value is -2.13. The lowest BCUT2D eigenvalue weighted by molar-refractivity contribution is -0.386. The second-order valence-electron chi connectivity index (χ2n) is 5.01. The molecule has 6 heteroatoms. The van der Waals surface area contributed by atoms with E-state index in [1.165, 1.54) is 12.1 Å². The smallest absolute Gasteiger partial charge is 0.312 e. The number of benzene rings is 1. The van der Waals surface area contributed by atoms with Gasteiger partial charge in [0, 0.05) is 19.2 Å². The fourth-order valence-corrected chi connectivity index (χ4v) is 2.42. The minimum absolute atomic E-state index is 0.0450. The third-order valence-electron chi connectivity index (χ3n) is 3.38. The summed E-state index contributed by atoms with van der Waals surface area (Å²) < 4.78 is 0. The molecule has 1 aromatic rings. The van der Waals surface area contributed by atoms with Crippen molar-refractivity contribution in [2.24, 2.45) is 5.92 Å². The molecule has 1 heterocycles. The highest BCUT2D eigenvalue weighted by Gasteiger charge is 2.22. The van der Waals surface area contributed by atoms with Crippen LogP contribution in [0.3, 0.4) is 0 Å². The number of nitro groups is 1. The van der Waals surface area contributed by atoms with Crippen LogP contribution >= 0.6 is 0 Å². The Balaban J connectivity index is 2.28. The van der Waals surface area contributed by atoms with Gasteiger partial charge in [0.15, 0.2) is 0 Å². The van der Waals surface area contributed by atoms with Crippen LogP contribution in [0.4, 0.5) is 5.69 Å². The molecule has 1 N–H and O–H groups in total. The molecule has 6 nitrogen and oxygen atoms in total. The zero-order chi connectivity index (χ0) is 14.0. The first-order valence-corrected chi connectivity index (χ1v) is 6.14. The largest absolute Gasteiger partial charge is 0.501 e. The third-order valence-corrected chi connectivity index (χ3v) is 3.38. The highest BCUT2D eigenvalue weighted by Crippen LogP contribution is 2.31. The molecule has 1 aromatic carbocycles. The molecule has 0 saturated carbocycles. The topological polar surface area (TPSA) is 90.4 Å². The molecule has 1 saturated heterocycles. The van der Waals surface area contributed by atoms with Crippen LogP contribution in [0.1, 0.15) is 24.5 Å². The molecule has 0 aliphatic carbocycles. The first kappa shape index (κ1) is 13.3. The summed E-state index contributed by atoms with van der Waals surface area (Å²) in [4.78, 5) is 12.4. The minimum Gasteiger partial charge on any atom is -0.501 e. The van der Waals surface area contributed by atoms with E-state index in [0.717, 1.165) is 19.5 Å². The van der Waals surface area contributed by atoms with Gasteiger partial charge in [-0.2, -0.15) is 5.26 Å². The summed E-state index contributed by atoms with van der Waals surface area (Å²) in [5.41, 5.74) is 0.243. The third kappa shape index (κ3) is 2.83. The average molecular weight is 261 g/mol. The van der Waals surface area contributed by atoms with Gasteiger partial charge in [-0.05, 0) is 30.5 Å². The molecule has 0 spiro atoms. The van der Waals surface area contributed by atoms with Crippen LogP contribution in [0.25, 0.3) is 0 Å². The zero-order valence-electron chi connectivity index (χ0n) is 10.7. The molecule has 0 aromatic heterocycles. The summed E-state index contributed by atoms with van der Waals surface area (Å²) in [6, 6.07) is 4.66. The zero-order valence-corrected chi connectivity index (χ0v) is 10.7. The Morgan fingerprint density at radius 1 is 1.63 bits per heavy atom. The first-order chi connectivity index (χ1) is 9.01. The molecule has 1 aliphatic heterocycles. The number of phenols is 1. The van der Waals surface area contributed by atoms with Crippen molar-refractivity contribution in [2.45, 2.75) is 19.9 Å². The first-order valence-electron chi connectivity index (χ1n) is 6.14. The lowest BCUT2D eigenvalue weighted by Crippen LogP contribution is -2.19. The summed E-state index contributed by atoms with van der Waals surface area (Å²) in [6.07, 6.45) is 1.12. The van der Waals surface area contributed by atoms with Crippen LogP contribution < -0.4 is 0 Å². The quantitative estimate of drug-likeness (QED) is 0.664. The number of nitro benzene ring substituents is 1. The number of nitrogens with zero attached hydrogens (tertiary/aromatic N) is 3. The molecule has 0 unspecified atom stereocenters. The molecule has 1 fully saturated rings. The fraction of sp³-hybridized carbons (Fsp3) is 0.462. The predicted molar refractivity (Wildman–Crippen MR) is 68.5 cm³/mol. The van der Waals surface area contributed by atoms with Gasteiger partial charge >= 0.3 is 5.69 Å². The van der Waals surface area contributed by atoms with E-state index in [9.17, 15) is 15.2 Å². The number of rotatable bonds is 3. The van der Waals surface area contributed by atoms with Gasteiger partial charge in [0.05, 0.1) is 4.92 Å². The van der Waals surface area contributed by atoms with Gasteiger partial charge in [-0.15, -0.1) is 0 Å². The Morgan fingerprint density at radius 2 is 2.37 bits per heavy atom. The van der Waals surface area contributed by atoms with E-state index in [1.54, 1.807) is 6.07 Å². The number of nitriles is 1. The van der Waals surface area contributed by atoms with Crippen molar-refractivity contribution < 1.29 is 10.0 Å². The lowest BCUT2D eigenvalue weighted by atomic mass is 10.1. The summed E-state index contributed by atoms with van der Waals surface area (Å²) in [5, 5.41) is 29.4. The maximum absolute atomic E-state index is 10.9. The molecular weight excluding hydrogens is 246 g/mol. The molecule has 2 rings (SSSR count). The summed E-state index contributed by atoms with van der Waals surface area (Å²) in [6.45, 7) is 4.65. The van der Waals surface area contributed by atoms with Gasteiger partial charge in [0.2, 0.25) is 5.75 Å². The van der Waals surface area contributed by atoms with Gasteiger partial charge in [-0.3, -0.25) is 15.0 Å². The fourth-order valence-electron chi connectivity index (χ4n) is 2.42. The van der Waals surface area contributed by atoms with Crippen LogP contribution in [-0.2, 0) is 6.54 Å². The summed E-state index contributed by atoms with van der Waals surface area (Å²) >= 11 is 0. The van der Waals surface area contributed by atoms with Gasteiger partial charge in [0.25, 0.3) is 0 Å². The monoisotopic (exact) mass is 261 g/mol. The van der Waals surface area contributed by atoms with Gasteiger partial charge < -0.3 is 5.11 Å². The molecule has 1 aliphatic rings. The van der Waals surface area contributed by atoms with Crippen LogP contribution in [-0.4, -0.2) is 28.0 Å². The summed E-state index contributed by atoms with van der Waals surface area (Å²) in [7, 11) is 0. The van der Waals surface area contributed by atoms with Crippen molar-refractivity contribution >= 4 is 5.69 Å². The maximum Gasteiger partial charge on any atom is 0.312 e. The van der Waals surface area contributed by atoms with Crippen molar-refractivity contribution in [2.75, 3.05) is 13.1 Å². The predicted octanol–water partition coefficient (Wildman–Crippen LogP) is 2.01. The number of phenolic OH excluding ortho intramolecular Hbond substituents is 1. The van der Waals surface area contributed by atoms with E-state index in [4.69, 9.17) is 5.26 Å². The SMILES string of the molecule is C[C@@H]1CCN(Cc2cc(C#N)c(O)c([N+](=O)[O-])c2)C1. The van der Waals surface area contributed by atoms with E-state index in [1.807, 2.05) is 0 Å². The van der Waals surface area contributed by atoms with Crippen molar-refractivity contribution in [3.63, 3.8) is 0 Å². The standard InChI is InChI=1S/C13H15N3O3/c1-9-2-3-15(7-9)8-10-4-11(6-14)13(17)12(5-10)16(18)19/h4-5,9,17H,2-3,7-8H2,1H3/t9-/m1/s1. The number of aromatic hydroxyl groups is 1. The Labute approximate surface area is 111 Å². The average Bonchev–Trinajstić information content (AvgIpc) is 2.76. The number of hydrogen-bond acceptors (Lipinski definition) is 5. The second kappa shape index (κ2) is 5.24. The van der Waals surface area contributed by atoms with Crippen LogP contribution in [0.2, 0.25) is 0 Å². The molecule has 1 atom stereocenters. The Morgan fingerprint density at radius 3 is 2.89 bits per heavy atom. The Bertz CT molecular complexity index is 551. The van der Waals surface area contributed by atoms with Crippen LogP contribution in [0, 0.1) is 27.4 Å². The van der Waals surface area contributed by atoms with Crippen molar-refractivity contribution in [1.82, 2.24) is 4.90 Å². The van der Waals surface area contributed by atoms with Gasteiger partial charge in [-0.1, -0.05) is 6.92 Å². The summed E-state index contributed by atoms with van der Waals surface area (Å²) in [5.74, 6) is 0.0774. The second-order valence-corrected chi connectivity index (χ2v) is 5.01. The molecule has 0 bridgehead atoms. The highest BCUT2D eigenvalue weighted by molar-refractivity contribution is 5.57. The van der Waals surface area contributed by atoms with E-state index in [-0.39, 0.29) is 5.56 Å². The number of hydrogen-bond donors (Lipinski definition) is 1. The molecule has 100 valence electrons. The van der Waals surface area contributed by atoms with Crippen molar-refractivity contribution in [3.8, 4) is 11.8 Å². The van der Waals surface area contributed by atoms with Crippen molar-refractivity contribution in [3.05, 3.63) is 33.4 Å². The molecule has 0 radical (unpaired) electrons. The van der Waals surface area contributed by atoms with Crippen LogP contribution in [0.15, 0.2) is 12.1 Å². The molecule has 19 heavy (non-hydrogen) atoms. The van der Waals surface area contributed by atoms with Gasteiger partial charge in [-0.25, -0.2) is 0 Å². The van der Waals surface area contributed by atoms with Crippen LogP contribution in [0.5, 0.6) is 5.75 Å². The van der Waals surface area contributed by atoms with E-state index >= 15 is 0 Å². The highest BCUT2D eigenvalue weighted by atomic mass is 16.6. The maximum atomic E-state index is 10.9. The van der Waals surface area contributed by atoms with E-state index < -0.39 is 16.4 Å². The molecular formula is C13H15N3O3. The van der Waals surface area contributed by atoms with E-state index in [2.05, 4.69) is 11.8 Å². The number of likely N-dealkylation sites (tertiary alicyclic amines) is 1. The molecule has 0 amide bonds. The normalized spacial score (nSPS) is 19.3. The minimum atomic E-state index is -0.660. The lowest BCUT2D eigenvalue weighted by Gasteiger charge is -2.15. The van der Waals surface area contributed by atoms with Crippen molar-refractivity contribution in [1.29, 1.82) is 5.26 Å².